The molecule has 2 aliphatic carbocycles. The second-order valence-corrected chi connectivity index (χ2v) is 6.92. The highest BCUT2D eigenvalue weighted by Gasteiger charge is 2.48. The third-order valence-electron chi connectivity index (χ3n) is 4.95. The van der Waals surface area contributed by atoms with Gasteiger partial charge < -0.3 is 10.6 Å². The highest BCUT2D eigenvalue weighted by atomic mass is 16.2. The van der Waals surface area contributed by atoms with Crippen LogP contribution in [0.4, 0.5) is 5.69 Å². The van der Waals surface area contributed by atoms with Gasteiger partial charge in [-0.15, -0.1) is 0 Å². The zero-order valence-corrected chi connectivity index (χ0v) is 14.0. The van der Waals surface area contributed by atoms with Gasteiger partial charge in [-0.05, 0) is 38.3 Å². The van der Waals surface area contributed by atoms with E-state index in [1.54, 1.807) is 24.3 Å². The van der Waals surface area contributed by atoms with Gasteiger partial charge in [-0.2, -0.15) is 0 Å². The van der Waals surface area contributed by atoms with Gasteiger partial charge >= 0.3 is 0 Å². The maximum absolute atomic E-state index is 12.3. The quantitative estimate of drug-likeness (QED) is 0.816. The highest BCUT2D eigenvalue weighted by molar-refractivity contribution is 6.01. The molecular formula is C19H24N2O3. The number of hydrogen-bond acceptors (Lipinski definition) is 3. The Kier molecular flexibility index (Phi) is 4.97. The lowest BCUT2D eigenvalue weighted by Crippen LogP contribution is -2.37. The fourth-order valence-corrected chi connectivity index (χ4v) is 3.38. The summed E-state index contributed by atoms with van der Waals surface area (Å²) in [7, 11) is 0. The van der Waals surface area contributed by atoms with Gasteiger partial charge in [0.2, 0.25) is 11.8 Å². The molecule has 2 N–H and O–H groups in total. The monoisotopic (exact) mass is 328 g/mol. The van der Waals surface area contributed by atoms with Crippen LogP contribution in [-0.2, 0) is 9.59 Å². The topological polar surface area (TPSA) is 75.3 Å². The fraction of sp³-hybridized carbons (Fsp3) is 0.526. The molecule has 1 aromatic rings. The number of hydrogen-bond donors (Lipinski definition) is 2. The SMILES string of the molecule is CC(=O)c1cccc(NC(=O)C2CC2C(=O)NC2CCCCC2)c1. The first-order valence-corrected chi connectivity index (χ1v) is 8.77. The minimum absolute atomic E-state index is 0.0135. The molecule has 3 rings (SSSR count). The number of carbonyl (C=O) groups excluding carboxylic acids is 3. The molecular weight excluding hydrogens is 304 g/mol. The molecule has 2 aliphatic rings. The molecule has 1 aromatic carbocycles. The Morgan fingerprint density at radius 1 is 1.00 bits per heavy atom. The summed E-state index contributed by atoms with van der Waals surface area (Å²) in [6, 6.07) is 7.16. The van der Waals surface area contributed by atoms with Crippen molar-refractivity contribution in [2.75, 3.05) is 5.32 Å². The van der Waals surface area contributed by atoms with Crippen molar-refractivity contribution in [2.24, 2.45) is 11.8 Å². The third kappa shape index (κ3) is 4.02. The summed E-state index contributed by atoms with van der Waals surface area (Å²) >= 11 is 0. The van der Waals surface area contributed by atoms with E-state index in [0.717, 1.165) is 12.8 Å². The standard InChI is InChI=1S/C19H24N2O3/c1-12(22)13-6-5-9-15(10-13)21-19(24)17-11-16(17)18(23)20-14-7-3-2-4-8-14/h5-6,9-10,14,16-17H,2-4,7-8,11H2,1H3,(H,20,23)(H,21,24). The minimum Gasteiger partial charge on any atom is -0.353 e. The second kappa shape index (κ2) is 7.16. The Bertz CT molecular complexity index is 650. The number of nitrogens with one attached hydrogen (secondary N) is 2. The van der Waals surface area contributed by atoms with Gasteiger partial charge in [-0.3, -0.25) is 14.4 Å². The van der Waals surface area contributed by atoms with E-state index in [0.29, 0.717) is 17.7 Å². The summed E-state index contributed by atoms with van der Waals surface area (Å²) in [6.07, 6.45) is 6.30. The number of carbonyl (C=O) groups is 3. The molecule has 2 atom stereocenters. The Morgan fingerprint density at radius 3 is 2.42 bits per heavy atom. The smallest absolute Gasteiger partial charge is 0.228 e. The summed E-state index contributed by atoms with van der Waals surface area (Å²) in [5, 5.41) is 5.91. The predicted molar refractivity (Wildman–Crippen MR) is 91.7 cm³/mol. The van der Waals surface area contributed by atoms with E-state index in [1.165, 1.54) is 26.2 Å². The van der Waals surface area contributed by atoms with Crippen molar-refractivity contribution in [1.82, 2.24) is 5.32 Å². The molecule has 128 valence electrons. The average Bonchev–Trinajstić information content (AvgIpc) is 3.37. The van der Waals surface area contributed by atoms with Crippen molar-refractivity contribution in [1.29, 1.82) is 0 Å². The summed E-state index contributed by atoms with van der Waals surface area (Å²) < 4.78 is 0. The van der Waals surface area contributed by atoms with Crippen LogP contribution in [0.2, 0.25) is 0 Å². The molecule has 0 saturated heterocycles. The predicted octanol–water partition coefficient (Wildman–Crippen LogP) is 2.91. The van der Waals surface area contributed by atoms with Crippen LogP contribution in [-0.4, -0.2) is 23.6 Å². The molecule has 0 radical (unpaired) electrons. The Balaban J connectivity index is 1.51. The first-order chi connectivity index (χ1) is 11.5. The van der Waals surface area contributed by atoms with Gasteiger partial charge in [0.05, 0.1) is 11.8 Å². The molecule has 0 spiro atoms. The zero-order chi connectivity index (χ0) is 17.1. The van der Waals surface area contributed by atoms with Crippen LogP contribution in [0.1, 0.15) is 55.8 Å². The maximum Gasteiger partial charge on any atom is 0.228 e. The minimum atomic E-state index is -0.255. The van der Waals surface area contributed by atoms with Crippen LogP contribution < -0.4 is 10.6 Å². The number of rotatable bonds is 5. The lowest BCUT2D eigenvalue weighted by molar-refractivity contribution is -0.126. The fourth-order valence-electron chi connectivity index (χ4n) is 3.38. The average molecular weight is 328 g/mol. The van der Waals surface area contributed by atoms with Gasteiger partial charge in [0.1, 0.15) is 0 Å². The summed E-state index contributed by atoms with van der Waals surface area (Å²) in [5.41, 5.74) is 1.17. The lowest BCUT2D eigenvalue weighted by atomic mass is 9.95. The molecule has 0 aliphatic heterocycles. The van der Waals surface area contributed by atoms with E-state index < -0.39 is 0 Å². The van der Waals surface area contributed by atoms with Gasteiger partial charge in [-0.1, -0.05) is 31.4 Å². The van der Waals surface area contributed by atoms with Crippen LogP contribution >= 0.6 is 0 Å². The molecule has 0 aromatic heterocycles. The molecule has 2 unspecified atom stereocenters. The molecule has 0 bridgehead atoms. The van der Waals surface area contributed by atoms with Crippen LogP contribution in [0.15, 0.2) is 24.3 Å². The van der Waals surface area contributed by atoms with Crippen LogP contribution in [0.3, 0.4) is 0 Å². The number of Topliss-reactive ketones (excluding diaryl/α,β-unsaturated/α-hetero) is 1. The maximum atomic E-state index is 12.3. The van der Waals surface area contributed by atoms with Crippen molar-refractivity contribution in [2.45, 2.75) is 51.5 Å². The molecule has 2 saturated carbocycles. The lowest BCUT2D eigenvalue weighted by Gasteiger charge is -2.22. The second-order valence-electron chi connectivity index (χ2n) is 6.92. The van der Waals surface area contributed by atoms with Crippen molar-refractivity contribution >= 4 is 23.3 Å². The number of amides is 2. The van der Waals surface area contributed by atoms with Crippen molar-refractivity contribution in [3.63, 3.8) is 0 Å². The first kappa shape index (κ1) is 16.7. The largest absolute Gasteiger partial charge is 0.353 e. The Morgan fingerprint density at radius 2 is 1.71 bits per heavy atom. The van der Waals surface area contributed by atoms with E-state index >= 15 is 0 Å². The number of ketones is 1. The van der Waals surface area contributed by atoms with Crippen molar-refractivity contribution in [3.8, 4) is 0 Å². The molecule has 0 heterocycles. The first-order valence-electron chi connectivity index (χ1n) is 8.77. The van der Waals surface area contributed by atoms with Crippen LogP contribution in [0.25, 0.3) is 0 Å². The van der Waals surface area contributed by atoms with Gasteiger partial charge in [-0.25, -0.2) is 0 Å². The van der Waals surface area contributed by atoms with E-state index in [4.69, 9.17) is 0 Å². The van der Waals surface area contributed by atoms with Crippen molar-refractivity contribution in [3.05, 3.63) is 29.8 Å². The number of anilines is 1. The van der Waals surface area contributed by atoms with E-state index in [-0.39, 0.29) is 35.5 Å². The highest BCUT2D eigenvalue weighted by Crippen LogP contribution is 2.40. The molecule has 5 heteroatoms. The van der Waals surface area contributed by atoms with Crippen molar-refractivity contribution < 1.29 is 14.4 Å². The number of benzene rings is 1. The van der Waals surface area contributed by atoms with Crippen LogP contribution in [0, 0.1) is 11.8 Å². The van der Waals surface area contributed by atoms with E-state index in [1.807, 2.05) is 0 Å². The zero-order valence-electron chi connectivity index (χ0n) is 14.0. The Hall–Kier alpha value is -2.17. The summed E-state index contributed by atoms with van der Waals surface area (Å²) in [6.45, 7) is 1.49. The van der Waals surface area contributed by atoms with E-state index in [9.17, 15) is 14.4 Å². The van der Waals surface area contributed by atoms with Gasteiger partial charge in [0, 0.05) is 17.3 Å². The third-order valence-corrected chi connectivity index (χ3v) is 4.95. The normalized spacial score (nSPS) is 23.4. The summed E-state index contributed by atoms with van der Waals surface area (Å²) in [5.74, 6) is -0.626. The van der Waals surface area contributed by atoms with Gasteiger partial charge in [0.15, 0.2) is 5.78 Å². The van der Waals surface area contributed by atoms with Gasteiger partial charge in [0.25, 0.3) is 0 Å². The molecule has 24 heavy (non-hydrogen) atoms. The summed E-state index contributed by atoms with van der Waals surface area (Å²) in [4.78, 5) is 35.9. The molecule has 2 amide bonds. The molecule has 5 nitrogen and oxygen atoms in total. The van der Waals surface area contributed by atoms with E-state index in [2.05, 4.69) is 10.6 Å². The molecule has 2 fully saturated rings. The Labute approximate surface area is 142 Å². The van der Waals surface area contributed by atoms with Crippen LogP contribution in [0.5, 0.6) is 0 Å².